The summed E-state index contributed by atoms with van der Waals surface area (Å²) < 4.78 is 28.4. The second kappa shape index (κ2) is 13.1. The van der Waals surface area contributed by atoms with Gasteiger partial charge in [0, 0.05) is 77.9 Å². The summed E-state index contributed by atoms with van der Waals surface area (Å²) in [4.78, 5) is 46.9. The number of rotatable bonds is 6. The number of carbonyl (C=O) groups is 3. The van der Waals surface area contributed by atoms with Gasteiger partial charge in [0.05, 0.1) is 29.6 Å². The second-order valence-corrected chi connectivity index (χ2v) is 13.0. The SMILES string of the molecule is COc1cc(F)c2[nH]c(-c3c(C)nn(C)c3C)c(C=C3Oc4ccc(NC(=O)Nc5ccc(C(=O)N6CCN(C)C(C)C6)cc5)cc4C3=O)c2c1. The van der Waals surface area contributed by atoms with E-state index in [0.29, 0.717) is 58.2 Å². The van der Waals surface area contributed by atoms with Gasteiger partial charge in [-0.05, 0) is 82.4 Å². The minimum absolute atomic E-state index is 0.0387. The van der Waals surface area contributed by atoms with Crippen molar-refractivity contribution in [2.24, 2.45) is 7.05 Å². The third-order valence-corrected chi connectivity index (χ3v) is 9.71. The number of allylic oxidation sites excluding steroid dienone is 1. The molecule has 1 fully saturated rings. The molecule has 1 atom stereocenters. The van der Waals surface area contributed by atoms with E-state index in [1.54, 1.807) is 59.3 Å². The number of hydrogen-bond donors (Lipinski definition) is 3. The van der Waals surface area contributed by atoms with Crippen molar-refractivity contribution >= 4 is 46.1 Å². The maximum absolute atomic E-state index is 15.3. The number of ether oxygens (including phenoxy) is 2. The molecule has 12 nitrogen and oxygen atoms in total. The first-order valence-electron chi connectivity index (χ1n) is 16.6. The number of hydrogen-bond acceptors (Lipinski definition) is 7. The van der Waals surface area contributed by atoms with E-state index >= 15 is 4.39 Å². The molecule has 13 heteroatoms. The largest absolute Gasteiger partial charge is 0.497 e. The van der Waals surface area contributed by atoms with Gasteiger partial charge in [0.25, 0.3) is 5.91 Å². The molecule has 5 aromatic rings. The van der Waals surface area contributed by atoms with Gasteiger partial charge >= 0.3 is 6.03 Å². The summed E-state index contributed by atoms with van der Waals surface area (Å²) in [5, 5.41) is 10.6. The highest BCUT2D eigenvalue weighted by atomic mass is 19.1. The monoisotopic (exact) mass is 691 g/mol. The number of likely N-dealkylation sites (N-methyl/N-ethyl adjacent to an activating group) is 1. The minimum atomic E-state index is -0.523. The number of methoxy groups -OCH3 is 1. The summed E-state index contributed by atoms with van der Waals surface area (Å²) in [6.45, 7) is 8.02. The maximum atomic E-state index is 15.3. The Morgan fingerprint density at radius 2 is 1.76 bits per heavy atom. The van der Waals surface area contributed by atoms with Crippen LogP contribution in [0.5, 0.6) is 11.5 Å². The van der Waals surface area contributed by atoms with E-state index in [1.807, 2.05) is 25.8 Å². The number of aromatic amines is 1. The summed E-state index contributed by atoms with van der Waals surface area (Å²) in [6.07, 6.45) is 1.60. The van der Waals surface area contributed by atoms with Crippen molar-refractivity contribution in [2.45, 2.75) is 26.8 Å². The molecule has 0 aliphatic carbocycles. The van der Waals surface area contributed by atoms with E-state index < -0.39 is 17.6 Å². The Morgan fingerprint density at radius 1 is 1.04 bits per heavy atom. The first-order valence-corrected chi connectivity index (χ1v) is 16.6. The minimum Gasteiger partial charge on any atom is -0.497 e. The molecule has 0 spiro atoms. The predicted octanol–water partition coefficient (Wildman–Crippen LogP) is 6.37. The van der Waals surface area contributed by atoms with Crippen LogP contribution in [0.15, 0.2) is 60.4 Å². The number of Topliss-reactive ketones (excluding diaryl/α,β-unsaturated/α-hetero) is 1. The van der Waals surface area contributed by atoms with Crippen LogP contribution in [0.3, 0.4) is 0 Å². The number of aromatic nitrogens is 3. The Balaban J connectivity index is 1.10. The summed E-state index contributed by atoms with van der Waals surface area (Å²) in [7, 11) is 5.34. The van der Waals surface area contributed by atoms with Gasteiger partial charge in [0.2, 0.25) is 5.78 Å². The van der Waals surface area contributed by atoms with Gasteiger partial charge < -0.3 is 34.9 Å². The van der Waals surface area contributed by atoms with Crippen LogP contribution in [0.1, 0.15) is 44.6 Å². The number of nitrogens with zero attached hydrogens (tertiary/aromatic N) is 4. The Kier molecular flexibility index (Phi) is 8.59. The molecule has 2 aliphatic rings. The van der Waals surface area contributed by atoms with E-state index in [0.717, 1.165) is 23.5 Å². The van der Waals surface area contributed by atoms with Crippen molar-refractivity contribution in [1.29, 1.82) is 0 Å². The van der Waals surface area contributed by atoms with Crippen LogP contribution in [-0.2, 0) is 7.05 Å². The number of anilines is 2. The van der Waals surface area contributed by atoms with Gasteiger partial charge in [-0.3, -0.25) is 14.3 Å². The number of halogens is 1. The molecule has 7 rings (SSSR count). The Morgan fingerprint density at radius 3 is 2.45 bits per heavy atom. The van der Waals surface area contributed by atoms with Crippen LogP contribution in [0, 0.1) is 19.7 Å². The first-order chi connectivity index (χ1) is 24.4. The number of benzene rings is 3. The molecule has 262 valence electrons. The molecule has 3 amide bonds. The van der Waals surface area contributed by atoms with Crippen molar-refractivity contribution in [3.05, 3.63) is 94.3 Å². The zero-order chi connectivity index (χ0) is 36.1. The molecule has 2 aliphatic heterocycles. The summed E-state index contributed by atoms with van der Waals surface area (Å²) >= 11 is 0. The lowest BCUT2D eigenvalue weighted by Crippen LogP contribution is -2.52. The number of nitrogens with one attached hydrogen (secondary N) is 3. The zero-order valence-electron chi connectivity index (χ0n) is 29.2. The van der Waals surface area contributed by atoms with Gasteiger partial charge in [0.15, 0.2) is 11.6 Å². The smallest absolute Gasteiger partial charge is 0.323 e. The molecule has 0 bridgehead atoms. The molecular formula is C38H38FN7O5. The molecule has 51 heavy (non-hydrogen) atoms. The van der Waals surface area contributed by atoms with E-state index in [4.69, 9.17) is 9.47 Å². The predicted molar refractivity (Wildman–Crippen MR) is 193 cm³/mol. The van der Waals surface area contributed by atoms with Crippen molar-refractivity contribution in [3.8, 4) is 22.8 Å². The van der Waals surface area contributed by atoms with Gasteiger partial charge in [0.1, 0.15) is 11.5 Å². The number of H-pyrrole nitrogens is 1. The fraction of sp³-hybridized carbons (Fsp3) is 0.263. The molecule has 0 radical (unpaired) electrons. The van der Waals surface area contributed by atoms with E-state index in [-0.39, 0.29) is 28.8 Å². The average molecular weight is 692 g/mol. The molecule has 4 heterocycles. The van der Waals surface area contributed by atoms with Gasteiger partial charge in [-0.25, -0.2) is 9.18 Å². The quantitative estimate of drug-likeness (QED) is 0.176. The van der Waals surface area contributed by atoms with E-state index in [1.165, 1.54) is 13.2 Å². The van der Waals surface area contributed by atoms with Crippen molar-refractivity contribution in [1.82, 2.24) is 24.6 Å². The first kappa shape index (κ1) is 33.5. The Labute approximate surface area is 293 Å². The fourth-order valence-electron chi connectivity index (χ4n) is 6.65. The number of urea groups is 1. The number of aryl methyl sites for hydroxylation is 2. The number of amides is 3. The van der Waals surface area contributed by atoms with Crippen LogP contribution >= 0.6 is 0 Å². The van der Waals surface area contributed by atoms with Crippen LogP contribution in [0.25, 0.3) is 28.2 Å². The molecule has 2 aromatic heterocycles. The highest BCUT2D eigenvalue weighted by Gasteiger charge is 2.30. The van der Waals surface area contributed by atoms with Gasteiger partial charge in [-0.2, -0.15) is 5.10 Å². The lowest BCUT2D eigenvalue weighted by atomic mass is 10.0. The average Bonchev–Trinajstić information content (AvgIpc) is 3.71. The molecule has 3 N–H and O–H groups in total. The standard InChI is InChI=1S/C38H38FN7O5/c1-20-19-46(14-13-44(20)4)37(48)23-7-9-24(10-8-23)40-38(49)41-25-11-12-31-29(15-25)36(47)32(51-31)18-28-27-16-26(50-6)17-30(39)34(27)42-35(28)33-21(2)43-45(5)22(33)3/h7-12,15-18,20,42H,13-14,19H2,1-6H3,(H2,40,41,49). The molecule has 3 aromatic carbocycles. The normalized spacial score (nSPS) is 16.8. The van der Waals surface area contributed by atoms with Crippen LogP contribution in [0.2, 0.25) is 0 Å². The lowest BCUT2D eigenvalue weighted by Gasteiger charge is -2.37. The molecule has 1 unspecified atom stereocenters. The number of ketones is 1. The van der Waals surface area contributed by atoms with E-state index in [2.05, 4.69) is 39.6 Å². The Bertz CT molecular complexity index is 2250. The number of piperazine rings is 1. The number of fused-ring (bicyclic) bond motifs is 2. The second-order valence-electron chi connectivity index (χ2n) is 13.0. The van der Waals surface area contributed by atoms with E-state index in [9.17, 15) is 14.4 Å². The third kappa shape index (κ3) is 6.20. The zero-order valence-corrected chi connectivity index (χ0v) is 29.2. The van der Waals surface area contributed by atoms with Crippen LogP contribution in [-0.4, -0.2) is 82.1 Å². The van der Waals surface area contributed by atoms with Crippen molar-refractivity contribution < 1.29 is 28.2 Å². The van der Waals surface area contributed by atoms with Gasteiger partial charge in [-0.15, -0.1) is 0 Å². The Hall–Kier alpha value is -5.95. The van der Waals surface area contributed by atoms with Crippen molar-refractivity contribution in [2.75, 3.05) is 44.4 Å². The molecule has 1 saturated heterocycles. The topological polar surface area (TPSA) is 134 Å². The molecular weight excluding hydrogens is 653 g/mol. The van der Waals surface area contributed by atoms with Gasteiger partial charge in [-0.1, -0.05) is 0 Å². The van der Waals surface area contributed by atoms with Crippen LogP contribution in [0.4, 0.5) is 20.6 Å². The fourth-order valence-corrected chi connectivity index (χ4v) is 6.65. The maximum Gasteiger partial charge on any atom is 0.323 e. The summed E-state index contributed by atoms with van der Waals surface area (Å²) in [5.74, 6) is -0.254. The third-order valence-electron chi connectivity index (χ3n) is 9.71. The number of carbonyl (C=O) groups excluding carboxylic acids is 3. The lowest BCUT2D eigenvalue weighted by molar-refractivity contribution is 0.0572. The van der Waals surface area contributed by atoms with Crippen LogP contribution < -0.4 is 20.1 Å². The highest BCUT2D eigenvalue weighted by Crippen LogP contribution is 2.40. The summed E-state index contributed by atoms with van der Waals surface area (Å²) in [6, 6.07) is 14.3. The summed E-state index contributed by atoms with van der Waals surface area (Å²) in [5.41, 5.74) is 5.45. The molecule has 0 saturated carbocycles. The highest BCUT2D eigenvalue weighted by molar-refractivity contribution is 6.16. The van der Waals surface area contributed by atoms with Crippen molar-refractivity contribution in [3.63, 3.8) is 0 Å².